The van der Waals surface area contributed by atoms with Gasteiger partial charge in [0.25, 0.3) is 0 Å². The molecule has 4 nitrogen and oxygen atoms in total. The average Bonchev–Trinajstić information content (AvgIpc) is 2.74. The van der Waals surface area contributed by atoms with Gasteiger partial charge in [-0.2, -0.15) is 5.10 Å². The van der Waals surface area contributed by atoms with Crippen molar-refractivity contribution in [2.45, 2.75) is 13.0 Å². The summed E-state index contributed by atoms with van der Waals surface area (Å²) in [7, 11) is 0. The molecule has 0 fully saturated rings. The maximum absolute atomic E-state index is 12.8. The molecule has 0 saturated carbocycles. The molecule has 0 atom stereocenters. The lowest BCUT2D eigenvalue weighted by Gasteiger charge is -2.14. The molecule has 90 valence electrons. The minimum absolute atomic E-state index is 0. The summed E-state index contributed by atoms with van der Waals surface area (Å²) in [6.07, 6.45) is 3.98. The Morgan fingerprint density at radius 2 is 2.18 bits per heavy atom. The zero-order valence-corrected chi connectivity index (χ0v) is 9.88. The molecule has 6 heteroatoms. The van der Waals surface area contributed by atoms with E-state index in [1.165, 1.54) is 17.8 Å². The third kappa shape index (κ3) is 2.16. The van der Waals surface area contributed by atoms with Gasteiger partial charge >= 0.3 is 0 Å². The second-order valence-electron chi connectivity index (χ2n) is 3.79. The monoisotopic (exact) mass is 254 g/mol. The van der Waals surface area contributed by atoms with E-state index in [1.807, 2.05) is 6.20 Å². The van der Waals surface area contributed by atoms with E-state index in [2.05, 4.69) is 15.4 Å². The normalized spacial score (nSPS) is 13.9. The molecule has 0 bridgehead atoms. The highest BCUT2D eigenvalue weighted by molar-refractivity contribution is 5.85. The Kier molecular flexibility index (Phi) is 3.40. The SMILES string of the molecule is Cl.Fc1ccc(-n2ncc3c2CCNC3)nc1. The van der Waals surface area contributed by atoms with Crippen molar-refractivity contribution < 1.29 is 4.39 Å². The molecule has 2 aromatic rings. The van der Waals surface area contributed by atoms with Crippen LogP contribution in [-0.2, 0) is 13.0 Å². The Balaban J connectivity index is 0.00000108. The largest absolute Gasteiger partial charge is 0.312 e. The predicted molar refractivity (Wildman–Crippen MR) is 64.0 cm³/mol. The summed E-state index contributed by atoms with van der Waals surface area (Å²) < 4.78 is 14.6. The lowest BCUT2D eigenvalue weighted by Crippen LogP contribution is -2.24. The molecule has 1 aliphatic rings. The fourth-order valence-electron chi connectivity index (χ4n) is 1.94. The van der Waals surface area contributed by atoms with Gasteiger partial charge in [0, 0.05) is 25.1 Å². The van der Waals surface area contributed by atoms with E-state index in [1.54, 1.807) is 10.7 Å². The minimum Gasteiger partial charge on any atom is -0.312 e. The Hall–Kier alpha value is -1.46. The maximum atomic E-state index is 12.8. The van der Waals surface area contributed by atoms with Crippen LogP contribution in [0.15, 0.2) is 24.5 Å². The molecule has 0 aliphatic carbocycles. The lowest BCUT2D eigenvalue weighted by atomic mass is 10.1. The molecule has 1 aliphatic heterocycles. The van der Waals surface area contributed by atoms with Crippen molar-refractivity contribution in [2.75, 3.05) is 6.54 Å². The van der Waals surface area contributed by atoms with E-state index in [9.17, 15) is 4.39 Å². The van der Waals surface area contributed by atoms with E-state index in [4.69, 9.17) is 0 Å². The van der Waals surface area contributed by atoms with Crippen molar-refractivity contribution in [1.82, 2.24) is 20.1 Å². The number of nitrogens with one attached hydrogen (secondary N) is 1. The first-order valence-corrected chi connectivity index (χ1v) is 5.23. The zero-order chi connectivity index (χ0) is 11.0. The molecular weight excluding hydrogens is 243 g/mol. The molecule has 3 heterocycles. The quantitative estimate of drug-likeness (QED) is 0.838. The molecule has 1 N–H and O–H groups in total. The van der Waals surface area contributed by atoms with Crippen molar-refractivity contribution in [1.29, 1.82) is 0 Å². The molecule has 0 amide bonds. The van der Waals surface area contributed by atoms with E-state index in [-0.39, 0.29) is 18.2 Å². The van der Waals surface area contributed by atoms with Gasteiger partial charge in [0.2, 0.25) is 0 Å². The van der Waals surface area contributed by atoms with Gasteiger partial charge < -0.3 is 5.32 Å². The fraction of sp³-hybridized carbons (Fsp3) is 0.273. The van der Waals surface area contributed by atoms with Crippen LogP contribution in [-0.4, -0.2) is 21.3 Å². The third-order valence-corrected chi connectivity index (χ3v) is 2.74. The number of hydrogen-bond donors (Lipinski definition) is 1. The van der Waals surface area contributed by atoms with Crippen LogP contribution in [0.5, 0.6) is 0 Å². The van der Waals surface area contributed by atoms with Crippen molar-refractivity contribution in [3.63, 3.8) is 0 Å². The summed E-state index contributed by atoms with van der Waals surface area (Å²) in [6.45, 7) is 1.79. The molecule has 0 radical (unpaired) electrons. The summed E-state index contributed by atoms with van der Waals surface area (Å²) >= 11 is 0. The van der Waals surface area contributed by atoms with Crippen LogP contribution in [0.3, 0.4) is 0 Å². The molecule has 0 aromatic carbocycles. The average molecular weight is 255 g/mol. The van der Waals surface area contributed by atoms with Crippen molar-refractivity contribution >= 4 is 12.4 Å². The second kappa shape index (κ2) is 4.81. The lowest BCUT2D eigenvalue weighted by molar-refractivity contribution is 0.610. The van der Waals surface area contributed by atoms with Gasteiger partial charge in [0.05, 0.1) is 18.1 Å². The van der Waals surface area contributed by atoms with Crippen LogP contribution >= 0.6 is 12.4 Å². The summed E-state index contributed by atoms with van der Waals surface area (Å²) in [5.74, 6) is 0.344. The van der Waals surface area contributed by atoms with Crippen molar-refractivity contribution in [3.05, 3.63) is 41.6 Å². The highest BCUT2D eigenvalue weighted by atomic mass is 35.5. The summed E-state index contributed by atoms with van der Waals surface area (Å²) in [5, 5.41) is 7.57. The molecule has 2 aromatic heterocycles. The van der Waals surface area contributed by atoms with Crippen LogP contribution in [0.4, 0.5) is 4.39 Å². The molecule has 0 unspecified atom stereocenters. The smallest absolute Gasteiger partial charge is 0.153 e. The first-order valence-electron chi connectivity index (χ1n) is 5.23. The topological polar surface area (TPSA) is 42.7 Å². The Labute approximate surface area is 104 Å². The zero-order valence-electron chi connectivity index (χ0n) is 9.06. The van der Waals surface area contributed by atoms with Crippen LogP contribution in [0.2, 0.25) is 0 Å². The predicted octanol–water partition coefficient (Wildman–Crippen LogP) is 1.47. The summed E-state index contributed by atoms with van der Waals surface area (Å²) in [4.78, 5) is 4.03. The van der Waals surface area contributed by atoms with E-state index < -0.39 is 0 Å². The second-order valence-corrected chi connectivity index (χ2v) is 3.79. The molecular formula is C11H12ClFN4. The van der Waals surface area contributed by atoms with Gasteiger partial charge in [-0.1, -0.05) is 0 Å². The first kappa shape index (κ1) is 12.0. The van der Waals surface area contributed by atoms with Gasteiger partial charge in [-0.15, -0.1) is 12.4 Å². The van der Waals surface area contributed by atoms with Crippen LogP contribution in [0.25, 0.3) is 5.82 Å². The number of nitrogens with zero attached hydrogens (tertiary/aromatic N) is 3. The summed E-state index contributed by atoms with van der Waals surface area (Å²) in [5.41, 5.74) is 2.36. The number of rotatable bonds is 1. The van der Waals surface area contributed by atoms with Crippen molar-refractivity contribution in [3.8, 4) is 5.82 Å². The van der Waals surface area contributed by atoms with E-state index in [0.29, 0.717) is 5.82 Å². The van der Waals surface area contributed by atoms with Gasteiger partial charge in [0.15, 0.2) is 5.82 Å². The molecule has 17 heavy (non-hydrogen) atoms. The number of hydrogen-bond acceptors (Lipinski definition) is 3. The van der Waals surface area contributed by atoms with Gasteiger partial charge in [-0.05, 0) is 12.1 Å². The molecule has 0 spiro atoms. The Morgan fingerprint density at radius 3 is 2.94 bits per heavy atom. The van der Waals surface area contributed by atoms with E-state index >= 15 is 0 Å². The minimum atomic E-state index is -0.327. The Morgan fingerprint density at radius 1 is 1.29 bits per heavy atom. The number of halogens is 2. The fourth-order valence-corrected chi connectivity index (χ4v) is 1.94. The number of pyridine rings is 1. The van der Waals surface area contributed by atoms with Crippen LogP contribution in [0, 0.1) is 5.82 Å². The van der Waals surface area contributed by atoms with Gasteiger partial charge in [-0.25, -0.2) is 14.1 Å². The van der Waals surface area contributed by atoms with Crippen LogP contribution < -0.4 is 5.32 Å². The maximum Gasteiger partial charge on any atom is 0.153 e. The molecule has 0 saturated heterocycles. The molecule has 3 rings (SSSR count). The highest BCUT2D eigenvalue weighted by Gasteiger charge is 2.15. The van der Waals surface area contributed by atoms with Crippen molar-refractivity contribution in [2.24, 2.45) is 0 Å². The summed E-state index contributed by atoms with van der Waals surface area (Å²) in [6, 6.07) is 3.04. The standard InChI is InChI=1S/C11H11FN4.ClH/c12-9-1-2-11(14-7-9)16-10-3-4-13-5-8(10)6-15-16;/h1-2,6-7,13H,3-5H2;1H. The Bertz CT molecular complexity index is 509. The number of aromatic nitrogens is 3. The first-order chi connectivity index (χ1) is 7.84. The van der Waals surface area contributed by atoms with Gasteiger partial charge in [0.1, 0.15) is 5.82 Å². The number of fused-ring (bicyclic) bond motifs is 1. The van der Waals surface area contributed by atoms with E-state index in [0.717, 1.165) is 25.2 Å². The van der Waals surface area contributed by atoms with Gasteiger partial charge in [-0.3, -0.25) is 0 Å². The third-order valence-electron chi connectivity index (χ3n) is 2.74. The highest BCUT2D eigenvalue weighted by Crippen LogP contribution is 2.16. The van der Waals surface area contributed by atoms with Crippen LogP contribution in [0.1, 0.15) is 11.3 Å².